The molecule has 0 atom stereocenters. The number of unbranched alkanes of at least 4 members (excludes halogenated alkanes) is 32. The maximum absolute atomic E-state index is 13.3. The van der Waals surface area contributed by atoms with E-state index >= 15 is 0 Å². The molecule has 0 unspecified atom stereocenters. The van der Waals surface area contributed by atoms with Crippen molar-refractivity contribution in [3.63, 3.8) is 0 Å². The topological polar surface area (TPSA) is 158 Å². The zero-order valence-corrected chi connectivity index (χ0v) is 47.0. The van der Waals surface area contributed by atoms with Crippen molar-refractivity contribution in [1.29, 1.82) is 0 Å². The second-order valence-electron chi connectivity index (χ2n) is 18.5. The Kier molecular flexibility index (Phi) is 47.5. The van der Waals surface area contributed by atoms with E-state index in [4.69, 9.17) is 23.4 Å². The predicted octanol–water partition coefficient (Wildman–Crippen LogP) is 15.0. The molecule has 0 rings (SSSR count). The van der Waals surface area contributed by atoms with Crippen LogP contribution in [0.2, 0.25) is 4.44 Å². The third kappa shape index (κ3) is 45.7. The Hall–Kier alpha value is -3.16. The van der Waals surface area contributed by atoms with Gasteiger partial charge in [0.05, 0.1) is 0 Å². The van der Waals surface area contributed by atoms with Gasteiger partial charge in [0.1, 0.15) is 0 Å². The molecular weight excluding hydrogens is 983 g/mol. The van der Waals surface area contributed by atoms with E-state index in [1.54, 1.807) is 0 Å². The summed E-state index contributed by atoms with van der Waals surface area (Å²) in [7, 11) is 0. The SMILES string of the molecule is CCCCCCCCCCCCOC(=O)C=CC(=O)[O][Sn]([CH2]CCCCCCC)([O]C(=O)/C=C\C(=O)OCCCCCCCCCCCC)[O]C(=O)/C=C\C(=O)OCCCCCCCCCCCC. The number of carbonyl (C=O) groups is 6. The molecule has 0 amide bonds. The Morgan fingerprint density at radius 1 is 0.261 bits per heavy atom. The van der Waals surface area contributed by atoms with Crippen molar-refractivity contribution in [1.82, 2.24) is 0 Å². The molecule has 0 aliphatic carbocycles. The van der Waals surface area contributed by atoms with E-state index in [0.717, 1.165) is 120 Å². The Bertz CT molecular complexity index is 1240. The number of rotatable bonds is 49. The van der Waals surface area contributed by atoms with Gasteiger partial charge in [0.15, 0.2) is 0 Å². The monoisotopic (exact) mass is 1080 g/mol. The second-order valence-corrected chi connectivity index (χ2v) is 25.6. The van der Waals surface area contributed by atoms with Crippen molar-refractivity contribution in [3.05, 3.63) is 36.5 Å². The molecule has 0 aromatic carbocycles. The number of esters is 3. The molecule has 0 aliphatic rings. The minimum atomic E-state index is -5.61. The third-order valence-corrected chi connectivity index (χ3v) is 19.0. The van der Waals surface area contributed by atoms with Crippen LogP contribution in [-0.2, 0) is 52.2 Å². The summed E-state index contributed by atoms with van der Waals surface area (Å²) in [6, 6.07) is 0. The van der Waals surface area contributed by atoms with Crippen LogP contribution in [0.1, 0.15) is 259 Å². The Labute approximate surface area is 425 Å². The van der Waals surface area contributed by atoms with Gasteiger partial charge >= 0.3 is 310 Å². The van der Waals surface area contributed by atoms with Gasteiger partial charge in [-0.05, 0) is 0 Å². The van der Waals surface area contributed by atoms with Crippen molar-refractivity contribution >= 4 is 55.4 Å². The first kappa shape index (κ1) is 65.8. The van der Waals surface area contributed by atoms with Crippen LogP contribution in [0.5, 0.6) is 0 Å². The number of carbonyl (C=O) groups excluding carboxylic acids is 6. The van der Waals surface area contributed by atoms with Crippen molar-refractivity contribution in [2.45, 2.75) is 263 Å². The molecule has 0 bridgehead atoms. The van der Waals surface area contributed by atoms with E-state index in [9.17, 15) is 28.8 Å². The van der Waals surface area contributed by atoms with Crippen molar-refractivity contribution < 1.29 is 52.2 Å². The van der Waals surface area contributed by atoms with E-state index in [1.165, 1.54) is 116 Å². The average Bonchev–Trinajstić information content (AvgIpc) is 3.33. The first-order valence-electron chi connectivity index (χ1n) is 27.8. The minimum Gasteiger partial charge on any atom is -0.0654 e. The van der Waals surface area contributed by atoms with Crippen molar-refractivity contribution in [2.24, 2.45) is 0 Å². The van der Waals surface area contributed by atoms with Crippen LogP contribution in [0.3, 0.4) is 0 Å². The van der Waals surface area contributed by atoms with Gasteiger partial charge in [-0.2, -0.15) is 0 Å². The first-order valence-corrected chi connectivity index (χ1v) is 33.4. The van der Waals surface area contributed by atoms with E-state index in [-0.39, 0.29) is 24.3 Å². The molecule has 0 N–H and O–H groups in total. The van der Waals surface area contributed by atoms with Crippen molar-refractivity contribution in [2.75, 3.05) is 19.8 Å². The van der Waals surface area contributed by atoms with Gasteiger partial charge in [-0.15, -0.1) is 0 Å². The van der Waals surface area contributed by atoms with Crippen LogP contribution in [0.15, 0.2) is 36.5 Å². The number of hydrogen-bond acceptors (Lipinski definition) is 12. The summed E-state index contributed by atoms with van der Waals surface area (Å²) in [5.41, 5.74) is 0. The molecule has 0 aliphatic heterocycles. The summed E-state index contributed by atoms with van der Waals surface area (Å²) < 4.78 is 33.1. The van der Waals surface area contributed by atoms with E-state index in [2.05, 4.69) is 27.7 Å². The van der Waals surface area contributed by atoms with Gasteiger partial charge in [0.2, 0.25) is 0 Å². The van der Waals surface area contributed by atoms with Crippen LogP contribution in [0, 0.1) is 0 Å². The molecule has 12 nitrogen and oxygen atoms in total. The molecule has 398 valence electrons. The van der Waals surface area contributed by atoms with Gasteiger partial charge < -0.3 is 0 Å². The molecule has 13 heteroatoms. The Morgan fingerprint density at radius 3 is 0.681 bits per heavy atom. The quantitative estimate of drug-likeness (QED) is 0.0187. The van der Waals surface area contributed by atoms with E-state index in [0.29, 0.717) is 32.1 Å². The molecule has 0 saturated heterocycles. The normalized spacial score (nSPS) is 11.7. The minimum absolute atomic E-state index is 0.0604. The molecule has 0 radical (unpaired) electrons. The summed E-state index contributed by atoms with van der Waals surface area (Å²) in [4.78, 5) is 77.6. The van der Waals surface area contributed by atoms with Crippen LogP contribution >= 0.6 is 0 Å². The molecule has 0 heterocycles. The van der Waals surface area contributed by atoms with E-state index < -0.39 is 55.4 Å². The standard InChI is InChI=1S/3C16H28O4.C8H17.Sn/c3*1-2-3-4-5-6-7-8-9-10-11-14-20-16(19)13-12-15(17)18;1-3-5-7-8-6-4-2;/h3*12-13H,2-11,14H2,1H3,(H,17,18);1,3-8H2,2H3;/q;;;;+3/p-3/b2*13-12-;;;. The van der Waals surface area contributed by atoms with Gasteiger partial charge in [0.25, 0.3) is 0 Å². The summed E-state index contributed by atoms with van der Waals surface area (Å²) >= 11 is -5.61. The van der Waals surface area contributed by atoms with Gasteiger partial charge in [0, 0.05) is 0 Å². The summed E-state index contributed by atoms with van der Waals surface area (Å²) in [5, 5.41) is 0. The molecule has 0 fully saturated rings. The van der Waals surface area contributed by atoms with E-state index in [1.807, 2.05) is 0 Å². The number of ether oxygens (including phenoxy) is 3. The van der Waals surface area contributed by atoms with Gasteiger partial charge in [-0.25, -0.2) is 0 Å². The molecular formula is C56H98O12Sn. The van der Waals surface area contributed by atoms with Gasteiger partial charge in [-0.3, -0.25) is 0 Å². The zero-order chi connectivity index (χ0) is 50.7. The molecule has 0 aromatic rings. The fourth-order valence-corrected chi connectivity index (χ4v) is 14.1. The Balaban J connectivity index is 5.66. The fourth-order valence-electron chi connectivity index (χ4n) is 7.74. The smallest absolute Gasteiger partial charge is 0.0654 e. The molecule has 69 heavy (non-hydrogen) atoms. The second kappa shape index (κ2) is 49.8. The summed E-state index contributed by atoms with van der Waals surface area (Å²) in [6.07, 6.45) is 44.4. The van der Waals surface area contributed by atoms with Crippen LogP contribution < -0.4 is 0 Å². The maximum atomic E-state index is 13.3. The molecule has 0 aromatic heterocycles. The summed E-state index contributed by atoms with van der Waals surface area (Å²) in [6.45, 7) is 9.34. The third-order valence-electron chi connectivity index (χ3n) is 11.9. The fraction of sp³-hybridized carbons (Fsp3) is 0.786. The summed E-state index contributed by atoms with van der Waals surface area (Å²) in [5.74, 6) is -5.42. The van der Waals surface area contributed by atoms with Gasteiger partial charge in [-0.1, -0.05) is 117 Å². The average molecular weight is 1080 g/mol. The van der Waals surface area contributed by atoms with Crippen LogP contribution in [0.4, 0.5) is 0 Å². The van der Waals surface area contributed by atoms with Crippen LogP contribution in [-0.4, -0.2) is 75.3 Å². The van der Waals surface area contributed by atoms with Crippen molar-refractivity contribution in [3.8, 4) is 0 Å². The Morgan fingerprint density at radius 2 is 0.449 bits per heavy atom. The molecule has 0 spiro atoms. The predicted molar refractivity (Wildman–Crippen MR) is 278 cm³/mol. The van der Waals surface area contributed by atoms with Crippen LogP contribution in [0.25, 0.3) is 0 Å². The zero-order valence-electron chi connectivity index (χ0n) is 44.1. The number of hydrogen-bond donors (Lipinski definition) is 0. The first-order chi connectivity index (χ1) is 33.6. The molecule has 0 saturated carbocycles.